The van der Waals surface area contributed by atoms with Crippen LogP contribution in [0.3, 0.4) is 0 Å². The van der Waals surface area contributed by atoms with E-state index in [0.29, 0.717) is 0 Å². The molecule has 0 saturated carbocycles. The van der Waals surface area contributed by atoms with Gasteiger partial charge in [-0.3, -0.25) is 0 Å². The van der Waals surface area contributed by atoms with Crippen molar-refractivity contribution < 1.29 is 5.11 Å². The van der Waals surface area contributed by atoms with Crippen LogP contribution in [0.25, 0.3) is 5.57 Å². The van der Waals surface area contributed by atoms with Crippen molar-refractivity contribution in [1.82, 2.24) is 0 Å². The summed E-state index contributed by atoms with van der Waals surface area (Å²) >= 11 is 0. The molecule has 1 aromatic rings. The zero-order valence-electron chi connectivity index (χ0n) is 9.29. The van der Waals surface area contributed by atoms with Gasteiger partial charge in [-0.2, -0.15) is 0 Å². The molecule has 0 heterocycles. The zero-order valence-corrected chi connectivity index (χ0v) is 9.29. The van der Waals surface area contributed by atoms with E-state index >= 15 is 0 Å². The van der Waals surface area contributed by atoms with Gasteiger partial charge in [0.1, 0.15) is 0 Å². The first-order chi connectivity index (χ1) is 7.18. The van der Waals surface area contributed by atoms with Crippen molar-refractivity contribution in [2.45, 2.75) is 38.7 Å². The van der Waals surface area contributed by atoms with E-state index in [2.05, 4.69) is 24.8 Å². The van der Waals surface area contributed by atoms with Crippen LogP contribution in [0.5, 0.6) is 0 Å². The van der Waals surface area contributed by atoms with Crippen molar-refractivity contribution in [2.24, 2.45) is 0 Å². The molecule has 0 spiro atoms. The molecule has 1 nitrogen and oxygen atoms in total. The topological polar surface area (TPSA) is 20.2 Å². The lowest BCUT2D eigenvalue weighted by atomic mass is 9.88. The van der Waals surface area contributed by atoms with Gasteiger partial charge in [0.05, 0.1) is 6.10 Å². The molecule has 0 fully saturated rings. The molecule has 0 aliphatic heterocycles. The fraction of sp³-hybridized carbons (Fsp3) is 0.429. The number of aryl methyl sites for hydroxylation is 2. The van der Waals surface area contributed by atoms with E-state index in [-0.39, 0.29) is 0 Å². The minimum absolute atomic E-state index is 0.452. The molecule has 2 rings (SSSR count). The highest BCUT2D eigenvalue weighted by Gasteiger charge is 2.11. The van der Waals surface area contributed by atoms with Crippen LogP contribution >= 0.6 is 0 Å². The summed E-state index contributed by atoms with van der Waals surface area (Å²) in [7, 11) is 0. The van der Waals surface area contributed by atoms with Crippen LogP contribution in [0.4, 0.5) is 0 Å². The molecule has 1 N–H and O–H groups in total. The highest BCUT2D eigenvalue weighted by molar-refractivity contribution is 5.67. The zero-order chi connectivity index (χ0) is 10.8. The van der Waals surface area contributed by atoms with E-state index in [1.807, 2.05) is 0 Å². The van der Waals surface area contributed by atoms with Crippen LogP contribution in [0.2, 0.25) is 0 Å². The Morgan fingerprint density at radius 2 is 1.93 bits per heavy atom. The summed E-state index contributed by atoms with van der Waals surface area (Å²) in [6.07, 6.45) is 4.53. The van der Waals surface area contributed by atoms with Crippen LogP contribution < -0.4 is 0 Å². The molecule has 1 aliphatic carbocycles. The first-order valence-electron chi connectivity index (χ1n) is 5.67. The minimum Gasteiger partial charge on any atom is -0.389 e. The van der Waals surface area contributed by atoms with Crippen molar-refractivity contribution in [3.63, 3.8) is 0 Å². The van der Waals surface area contributed by atoms with Crippen LogP contribution in [0.1, 0.15) is 36.5 Å². The van der Waals surface area contributed by atoms with Crippen LogP contribution in [0, 0.1) is 0 Å². The van der Waals surface area contributed by atoms with Crippen LogP contribution in [-0.4, -0.2) is 11.2 Å². The molecule has 1 heteroatoms. The van der Waals surface area contributed by atoms with Crippen molar-refractivity contribution in [2.75, 3.05) is 0 Å². The predicted molar refractivity (Wildman–Crippen MR) is 63.8 cm³/mol. The van der Waals surface area contributed by atoms with Gasteiger partial charge in [0.2, 0.25) is 0 Å². The van der Waals surface area contributed by atoms with Gasteiger partial charge in [-0.05, 0) is 54.9 Å². The molecule has 0 bridgehead atoms. The van der Waals surface area contributed by atoms with Gasteiger partial charge >= 0.3 is 0 Å². The standard InChI is InChI=1S/C14H18O/c1-10(11(2)15)13-8-7-12-5-3-4-6-14(12)9-13/h7-9,11,15H,1,3-6H2,2H3. The average molecular weight is 202 g/mol. The summed E-state index contributed by atoms with van der Waals surface area (Å²) in [5, 5.41) is 9.48. The molecule has 0 radical (unpaired) electrons. The summed E-state index contributed by atoms with van der Waals surface area (Å²) in [5.74, 6) is 0. The smallest absolute Gasteiger partial charge is 0.0762 e. The number of benzene rings is 1. The maximum atomic E-state index is 9.48. The van der Waals surface area contributed by atoms with Crippen molar-refractivity contribution in [3.8, 4) is 0 Å². The lowest BCUT2D eigenvalue weighted by molar-refractivity contribution is 0.253. The summed E-state index contributed by atoms with van der Waals surface area (Å²) in [6, 6.07) is 6.47. The quantitative estimate of drug-likeness (QED) is 0.781. The molecule has 1 aliphatic rings. The number of hydrogen-bond donors (Lipinski definition) is 1. The Morgan fingerprint density at radius 1 is 1.27 bits per heavy atom. The van der Waals surface area contributed by atoms with Gasteiger partial charge < -0.3 is 5.11 Å². The van der Waals surface area contributed by atoms with E-state index < -0.39 is 6.10 Å². The first-order valence-corrected chi connectivity index (χ1v) is 5.67. The molecule has 0 aromatic heterocycles. The Bertz CT molecular complexity index is 377. The molecule has 1 aromatic carbocycles. The van der Waals surface area contributed by atoms with E-state index in [1.54, 1.807) is 6.92 Å². The maximum Gasteiger partial charge on any atom is 0.0762 e. The van der Waals surface area contributed by atoms with Crippen LogP contribution in [-0.2, 0) is 12.8 Å². The summed E-state index contributed by atoms with van der Waals surface area (Å²) in [5.41, 5.74) is 4.83. The monoisotopic (exact) mass is 202 g/mol. The third-order valence-electron chi connectivity index (χ3n) is 3.22. The molecule has 0 amide bonds. The number of rotatable bonds is 2. The minimum atomic E-state index is -0.452. The summed E-state index contributed by atoms with van der Waals surface area (Å²) in [6.45, 7) is 5.69. The van der Waals surface area contributed by atoms with Gasteiger partial charge in [0, 0.05) is 0 Å². The second kappa shape index (κ2) is 4.19. The SMILES string of the molecule is C=C(c1ccc2c(c1)CCCC2)C(C)O. The van der Waals surface area contributed by atoms with Gasteiger partial charge in [0.15, 0.2) is 0 Å². The predicted octanol–water partition coefficient (Wildman–Crippen LogP) is 2.96. The second-order valence-corrected chi connectivity index (χ2v) is 4.39. The Balaban J connectivity index is 2.32. The maximum absolute atomic E-state index is 9.48. The van der Waals surface area contributed by atoms with E-state index in [4.69, 9.17) is 0 Å². The Kier molecular flexibility index (Phi) is 2.92. The highest BCUT2D eigenvalue weighted by Crippen LogP contribution is 2.25. The Labute approximate surface area is 91.4 Å². The highest BCUT2D eigenvalue weighted by atomic mass is 16.3. The van der Waals surface area contributed by atoms with Crippen molar-refractivity contribution >= 4 is 5.57 Å². The number of aliphatic hydroxyl groups is 1. The number of hydrogen-bond acceptors (Lipinski definition) is 1. The van der Waals surface area contributed by atoms with E-state index in [0.717, 1.165) is 11.1 Å². The molecule has 1 atom stereocenters. The summed E-state index contributed by atoms with van der Waals surface area (Å²) < 4.78 is 0. The summed E-state index contributed by atoms with van der Waals surface area (Å²) in [4.78, 5) is 0. The lowest BCUT2D eigenvalue weighted by Crippen LogP contribution is -2.06. The second-order valence-electron chi connectivity index (χ2n) is 4.39. The Hall–Kier alpha value is -1.08. The average Bonchev–Trinajstić information content (AvgIpc) is 2.27. The molecule has 80 valence electrons. The molecule has 1 unspecified atom stereocenters. The van der Waals surface area contributed by atoms with Gasteiger partial charge in [-0.15, -0.1) is 0 Å². The lowest BCUT2D eigenvalue weighted by Gasteiger charge is -2.18. The van der Waals surface area contributed by atoms with Gasteiger partial charge in [0.25, 0.3) is 0 Å². The number of aliphatic hydroxyl groups excluding tert-OH is 1. The first kappa shape index (κ1) is 10.4. The third kappa shape index (κ3) is 2.13. The van der Waals surface area contributed by atoms with Crippen molar-refractivity contribution in [1.29, 1.82) is 0 Å². The Morgan fingerprint density at radius 3 is 2.60 bits per heavy atom. The van der Waals surface area contributed by atoms with Crippen molar-refractivity contribution in [3.05, 3.63) is 41.5 Å². The fourth-order valence-corrected chi connectivity index (χ4v) is 2.17. The third-order valence-corrected chi connectivity index (χ3v) is 3.22. The van der Waals surface area contributed by atoms with E-state index in [9.17, 15) is 5.11 Å². The van der Waals surface area contributed by atoms with Crippen LogP contribution in [0.15, 0.2) is 24.8 Å². The van der Waals surface area contributed by atoms with Gasteiger partial charge in [-0.25, -0.2) is 0 Å². The number of fused-ring (bicyclic) bond motifs is 1. The molecular formula is C14H18O. The fourth-order valence-electron chi connectivity index (χ4n) is 2.17. The molecular weight excluding hydrogens is 184 g/mol. The largest absolute Gasteiger partial charge is 0.389 e. The van der Waals surface area contributed by atoms with E-state index in [1.165, 1.54) is 36.8 Å². The molecule has 0 saturated heterocycles. The van der Waals surface area contributed by atoms with Gasteiger partial charge in [-0.1, -0.05) is 24.8 Å². The molecule has 15 heavy (non-hydrogen) atoms. The normalized spacial score (nSPS) is 16.9.